The summed E-state index contributed by atoms with van der Waals surface area (Å²) in [5.74, 6) is -0.768. The van der Waals surface area contributed by atoms with Crippen LogP contribution in [0.3, 0.4) is 0 Å². The largest absolute Gasteiger partial charge is 2.00 e. The number of carbonyl (C=O) groups excluding carboxylic acids is 1. The average Bonchev–Trinajstić information content (AvgIpc) is 4.07. The van der Waals surface area contributed by atoms with Gasteiger partial charge in [0.25, 0.3) is 5.91 Å². The third-order valence-corrected chi connectivity index (χ3v) is 9.49. The molecule has 0 unspecified atom stereocenters. The summed E-state index contributed by atoms with van der Waals surface area (Å²) in [6, 6.07) is 51.1. The van der Waals surface area contributed by atoms with Crippen LogP contribution in [0.25, 0.3) is 77.6 Å². The van der Waals surface area contributed by atoms with Crippen molar-refractivity contribution in [2.75, 3.05) is 26.2 Å². The van der Waals surface area contributed by atoms with Crippen LogP contribution >= 0.6 is 0 Å². The number of aliphatic hydroxyl groups excluding tert-OH is 2. The van der Waals surface area contributed by atoms with Crippen molar-refractivity contribution in [3.8, 4) is 50.3 Å². The molecule has 10 heteroatoms. The Morgan fingerprint density at radius 1 is 0.491 bits per heavy atom. The molecule has 2 N–H and O–H groups in total. The maximum absolute atomic E-state index is 14.9. The molecule has 0 atom stereocenters. The summed E-state index contributed by atoms with van der Waals surface area (Å²) in [4.78, 5) is 31.5. The second-order valence-electron chi connectivity index (χ2n) is 12.5. The molecule has 9 nitrogen and oxygen atoms in total. The Hall–Kier alpha value is -6.38. The van der Waals surface area contributed by atoms with Crippen molar-refractivity contribution >= 4 is 44.7 Å². The molecule has 0 saturated carbocycles. The second kappa shape index (κ2) is 18.5. The molecule has 9 rings (SSSR count). The first-order valence-electron chi connectivity index (χ1n) is 17.7. The van der Waals surface area contributed by atoms with E-state index in [1.807, 2.05) is 146 Å². The van der Waals surface area contributed by atoms with Gasteiger partial charge in [0.1, 0.15) is 0 Å². The van der Waals surface area contributed by atoms with Gasteiger partial charge in [0, 0.05) is 70.6 Å². The summed E-state index contributed by atoms with van der Waals surface area (Å²) in [5, 5.41) is 28.9. The summed E-state index contributed by atoms with van der Waals surface area (Å²) >= 11 is 0. The van der Waals surface area contributed by atoms with Crippen molar-refractivity contribution < 1.29 is 46.0 Å². The molecule has 8 bridgehead atoms. The van der Waals surface area contributed by atoms with Crippen LogP contribution in [0, 0.1) is 0 Å². The van der Waals surface area contributed by atoms with Gasteiger partial charge in [-0.1, -0.05) is 120 Å². The Bertz CT molecular complexity index is 2740. The van der Waals surface area contributed by atoms with E-state index in [4.69, 9.17) is 25.2 Å². The molecular weight excluding hydrogens is 887 g/mol. The number of hydrogen-bond acceptors (Lipinski definition) is 4. The number of anilines is 1. The van der Waals surface area contributed by atoms with Crippen molar-refractivity contribution in [3.63, 3.8) is 0 Å². The zero-order valence-electron chi connectivity index (χ0n) is 31.3. The van der Waals surface area contributed by atoms with E-state index < -0.39 is 5.91 Å². The third-order valence-electron chi connectivity index (χ3n) is 9.49. The molecule has 1 amide bonds. The van der Waals surface area contributed by atoms with Gasteiger partial charge in [-0.05, 0) is 75.8 Å². The molecule has 287 valence electrons. The van der Waals surface area contributed by atoms with Crippen LogP contribution in [0.4, 0.5) is 5.69 Å². The normalized spacial score (nSPS) is 11.0. The van der Waals surface area contributed by atoms with Crippen molar-refractivity contribution in [1.29, 1.82) is 0 Å². The van der Waals surface area contributed by atoms with Gasteiger partial charge in [-0.25, -0.2) is 0 Å². The van der Waals surface area contributed by atoms with Gasteiger partial charge >= 0.3 is 0 Å². The Kier molecular flexibility index (Phi) is 13.6. The molecule has 1 aliphatic rings. The number of fused-ring (bicyclic) bond motifs is 8. The van der Waals surface area contributed by atoms with E-state index in [1.165, 1.54) is 4.90 Å². The van der Waals surface area contributed by atoms with Crippen LogP contribution in [0.15, 0.2) is 158 Å². The van der Waals surface area contributed by atoms with Crippen LogP contribution in [-0.4, -0.2) is 37.4 Å². The zero-order chi connectivity index (χ0) is 38.5. The number of nitrogens with zero attached hydrogens (tertiary/aromatic N) is 4. The van der Waals surface area contributed by atoms with E-state index in [-0.39, 0.29) is 42.9 Å². The summed E-state index contributed by atoms with van der Waals surface area (Å²) < 4.78 is 0. The Morgan fingerprint density at radius 3 is 1.35 bits per heavy atom. The first-order chi connectivity index (χ1) is 27.1. The molecule has 0 spiro atoms. The predicted octanol–water partition coefficient (Wildman–Crippen LogP) is 8.41. The number of amides is 1. The summed E-state index contributed by atoms with van der Waals surface area (Å²) in [6.45, 7) is 0. The van der Waals surface area contributed by atoms with Crippen molar-refractivity contribution in [2.45, 2.75) is 0 Å². The monoisotopic (exact) mass is 924 g/mol. The number of hydrogen-bond donors (Lipinski definition) is 2. The topological polar surface area (TPSA) is 155 Å². The first kappa shape index (κ1) is 41.8. The van der Waals surface area contributed by atoms with Crippen LogP contribution in [0.2, 0.25) is 0 Å². The minimum absolute atomic E-state index is 0. The molecule has 5 heterocycles. The molecule has 1 radical (unpaired) electrons. The van der Waals surface area contributed by atoms with Gasteiger partial charge < -0.3 is 40.6 Å². The minimum atomic E-state index is -0.395. The van der Waals surface area contributed by atoms with Crippen molar-refractivity contribution in [2.24, 2.45) is 0 Å². The molecule has 4 aromatic carbocycles. The van der Waals surface area contributed by atoms with Crippen molar-refractivity contribution in [3.05, 3.63) is 163 Å². The fraction of sp³-hybridized carbons (Fsp3) is 0.0638. The molecule has 8 aromatic rings. The molecule has 1 aliphatic heterocycles. The molecule has 57 heavy (non-hydrogen) atoms. The zero-order valence-corrected chi connectivity index (χ0v) is 34.0. The number of aromatic nitrogens is 3. The van der Waals surface area contributed by atoms with Gasteiger partial charge in [-0.15, -0.1) is 22.1 Å². The van der Waals surface area contributed by atoms with E-state index in [0.717, 1.165) is 58.6 Å². The molecular formula is C47H37N4O5Re-5. The molecule has 4 aromatic heterocycles. The van der Waals surface area contributed by atoms with Crippen molar-refractivity contribution in [1.82, 2.24) is 15.0 Å². The van der Waals surface area contributed by atoms with Gasteiger partial charge in [0.15, 0.2) is 0 Å². The van der Waals surface area contributed by atoms with Crippen LogP contribution in [0.5, 0.6) is 5.75 Å². The molecule has 0 aliphatic carbocycles. The minimum Gasteiger partial charge on any atom is -2.00 e. The fourth-order valence-electron chi connectivity index (χ4n) is 7.16. The molecule has 0 fully saturated rings. The quantitative estimate of drug-likeness (QED) is 0.168. The van der Waals surface area contributed by atoms with E-state index in [2.05, 4.69) is 12.1 Å². The smallest absolute Gasteiger partial charge is 0.258 e. The predicted molar refractivity (Wildman–Crippen MR) is 221 cm³/mol. The second-order valence-corrected chi connectivity index (χ2v) is 12.5. The first-order valence-corrected chi connectivity index (χ1v) is 17.7. The van der Waals surface area contributed by atoms with E-state index in [1.54, 1.807) is 7.05 Å². The van der Waals surface area contributed by atoms with Crippen LogP contribution in [-0.2, 0) is 25.9 Å². The number of benzene rings is 4. The fourth-order valence-corrected chi connectivity index (χ4v) is 7.16. The summed E-state index contributed by atoms with van der Waals surface area (Å²) in [7, 11) is 3.66. The third kappa shape index (κ3) is 7.73. The number of aliphatic hydroxyl groups is 2. The Labute approximate surface area is 343 Å². The van der Waals surface area contributed by atoms with Gasteiger partial charge in [-0.3, -0.25) is 4.79 Å². The average molecular weight is 924 g/mol. The Balaban J connectivity index is 0.00000100. The van der Waals surface area contributed by atoms with E-state index >= 15 is 0 Å². The van der Waals surface area contributed by atoms with Gasteiger partial charge in [0.05, 0.1) is 5.56 Å². The summed E-state index contributed by atoms with van der Waals surface area (Å²) in [6.07, 6.45) is 0. The number of rotatable bonds is 4. The standard InChI is InChI=1S/C45H31N4O2.2CH4O.O.Re/c1-49-43-41(31-20-12-5-13-21-31)37-27-25-35(48-37)39(29-16-8-3-9-17-29)33-23-22-32(46-33)38(28-14-6-2-7-15-28)34-24-26-36(47-34)40(30-18-10-4-11-19-30)42(44(43)50)45(49)51;2*1-2;;/h2-27H,1H3,(H2,48,50,51);2*2H,1H3;;/q-1;;;-2;/p-2. The maximum atomic E-state index is 14.9. The van der Waals surface area contributed by atoms with Crippen LogP contribution < -0.4 is 25.0 Å². The SMILES string of the molecule is CN1C(=O)c2c([O-])c1c(-c1ccccc1)c1ccc([n-]1)[c+](-c1ccccc1)c1ccc([n-]1)c(-c1ccccc1)c1ccc([n-]1)c2-c1ccccc1.CO.CO.[O-2].[Re]. The number of carbonyl (C=O) groups is 1. The van der Waals surface area contributed by atoms with E-state index in [0.29, 0.717) is 33.2 Å². The van der Waals surface area contributed by atoms with Gasteiger partial charge in [-0.2, -0.15) is 0 Å². The summed E-state index contributed by atoms with van der Waals surface area (Å²) in [5.41, 5.74) is 10.5. The Morgan fingerprint density at radius 2 is 0.860 bits per heavy atom. The van der Waals surface area contributed by atoms with E-state index in [9.17, 15) is 9.90 Å². The van der Waals surface area contributed by atoms with Crippen LogP contribution in [0.1, 0.15) is 10.4 Å². The maximum Gasteiger partial charge on any atom is 0.258 e. The van der Waals surface area contributed by atoms with Gasteiger partial charge in [0.2, 0.25) is 0 Å². The molecule has 0 saturated heterocycles.